The predicted molar refractivity (Wildman–Crippen MR) is 64.9 cm³/mol. The molecule has 2 atom stereocenters. The predicted octanol–water partition coefficient (Wildman–Crippen LogP) is 0.796. The van der Waals surface area contributed by atoms with Crippen LogP contribution < -0.4 is 5.32 Å². The molecule has 0 aromatic rings. The van der Waals surface area contributed by atoms with E-state index < -0.39 is 0 Å². The molecule has 2 aliphatic heterocycles. The third-order valence-electron chi connectivity index (χ3n) is 3.43. The average molecular weight is 249 g/mol. The van der Waals surface area contributed by atoms with Crippen molar-refractivity contribution in [1.29, 1.82) is 0 Å². The van der Waals surface area contributed by atoms with Crippen LogP contribution in [0, 0.1) is 0 Å². The number of carbonyl (C=O) groups is 1. The van der Waals surface area contributed by atoms with E-state index in [1.165, 1.54) is 0 Å². The maximum Gasteiger partial charge on any atom is 0.249 e. The normalized spacial score (nSPS) is 29.8. The van der Waals surface area contributed by atoms with Crippen molar-refractivity contribution in [3.63, 3.8) is 0 Å². The quantitative estimate of drug-likeness (QED) is 0.803. The summed E-state index contributed by atoms with van der Waals surface area (Å²) in [4.78, 5) is 13.9. The standard InChI is InChI=1S/C11H20N2O2.ClH/c1-8-3-4-9(2)13(8)11(14)7-15-10-5-12-6-10;/h8-10,12H,3-7H2,1-2H3;1H. The Morgan fingerprint density at radius 1 is 1.31 bits per heavy atom. The highest BCUT2D eigenvalue weighted by molar-refractivity contribution is 5.85. The summed E-state index contributed by atoms with van der Waals surface area (Å²) in [6, 6.07) is 0.770. The van der Waals surface area contributed by atoms with Gasteiger partial charge in [0.25, 0.3) is 0 Å². The van der Waals surface area contributed by atoms with E-state index in [1.807, 2.05) is 4.90 Å². The van der Waals surface area contributed by atoms with Gasteiger partial charge in [0.1, 0.15) is 6.61 Å². The van der Waals surface area contributed by atoms with Gasteiger partial charge in [0, 0.05) is 25.2 Å². The van der Waals surface area contributed by atoms with E-state index in [-0.39, 0.29) is 31.0 Å². The molecule has 0 aromatic carbocycles. The molecule has 2 aliphatic rings. The van der Waals surface area contributed by atoms with Crippen molar-refractivity contribution in [2.45, 2.75) is 44.9 Å². The minimum atomic E-state index is 0. The van der Waals surface area contributed by atoms with Gasteiger partial charge in [-0.1, -0.05) is 0 Å². The first-order chi connectivity index (χ1) is 7.18. The van der Waals surface area contributed by atoms with E-state index in [2.05, 4.69) is 19.2 Å². The van der Waals surface area contributed by atoms with E-state index in [9.17, 15) is 4.79 Å². The van der Waals surface area contributed by atoms with Crippen molar-refractivity contribution in [1.82, 2.24) is 10.2 Å². The van der Waals surface area contributed by atoms with Crippen LogP contribution >= 0.6 is 12.4 Å². The van der Waals surface area contributed by atoms with E-state index in [1.54, 1.807) is 0 Å². The van der Waals surface area contributed by atoms with Gasteiger partial charge in [0.2, 0.25) is 5.91 Å². The van der Waals surface area contributed by atoms with Crippen LogP contribution in [0.2, 0.25) is 0 Å². The van der Waals surface area contributed by atoms with Gasteiger partial charge >= 0.3 is 0 Å². The lowest BCUT2D eigenvalue weighted by molar-refractivity contribution is -0.141. The zero-order valence-corrected chi connectivity index (χ0v) is 10.8. The molecule has 0 saturated carbocycles. The minimum absolute atomic E-state index is 0. The molecular weight excluding hydrogens is 228 g/mol. The van der Waals surface area contributed by atoms with Gasteiger partial charge in [-0.25, -0.2) is 0 Å². The lowest BCUT2D eigenvalue weighted by atomic mass is 10.2. The third kappa shape index (κ3) is 2.87. The van der Waals surface area contributed by atoms with Crippen molar-refractivity contribution in [3.05, 3.63) is 0 Å². The molecule has 4 nitrogen and oxygen atoms in total. The first-order valence-corrected chi connectivity index (χ1v) is 5.82. The van der Waals surface area contributed by atoms with Crippen molar-refractivity contribution >= 4 is 18.3 Å². The Balaban J connectivity index is 0.00000128. The molecule has 16 heavy (non-hydrogen) atoms. The molecular formula is C11H21ClN2O2. The number of amides is 1. The molecule has 0 spiro atoms. The topological polar surface area (TPSA) is 41.6 Å². The van der Waals surface area contributed by atoms with E-state index >= 15 is 0 Å². The summed E-state index contributed by atoms with van der Waals surface area (Å²) in [5.74, 6) is 0.152. The van der Waals surface area contributed by atoms with Crippen LogP contribution in [0.5, 0.6) is 0 Å². The Morgan fingerprint density at radius 3 is 2.31 bits per heavy atom. The fourth-order valence-electron chi connectivity index (χ4n) is 2.33. The maximum absolute atomic E-state index is 11.9. The largest absolute Gasteiger partial charge is 0.366 e. The molecule has 0 aliphatic carbocycles. The second-order valence-electron chi connectivity index (χ2n) is 4.67. The highest BCUT2D eigenvalue weighted by Crippen LogP contribution is 2.23. The molecule has 5 heteroatoms. The molecule has 2 unspecified atom stereocenters. The van der Waals surface area contributed by atoms with Gasteiger partial charge < -0.3 is 15.0 Å². The molecule has 0 radical (unpaired) electrons. The zero-order valence-electron chi connectivity index (χ0n) is 9.94. The molecule has 2 saturated heterocycles. The lowest BCUT2D eigenvalue weighted by Gasteiger charge is -2.30. The van der Waals surface area contributed by atoms with Gasteiger partial charge in [-0.05, 0) is 26.7 Å². The number of nitrogens with one attached hydrogen (secondary N) is 1. The summed E-state index contributed by atoms with van der Waals surface area (Å²) in [6.45, 7) is 6.26. The fraction of sp³-hybridized carbons (Fsp3) is 0.909. The number of ether oxygens (including phenoxy) is 1. The van der Waals surface area contributed by atoms with Crippen LogP contribution in [0.25, 0.3) is 0 Å². The number of rotatable bonds is 3. The van der Waals surface area contributed by atoms with Gasteiger partial charge in [0.05, 0.1) is 6.10 Å². The number of carbonyl (C=O) groups excluding carboxylic acids is 1. The Hall–Kier alpha value is -0.320. The van der Waals surface area contributed by atoms with Crippen molar-refractivity contribution in [2.24, 2.45) is 0 Å². The smallest absolute Gasteiger partial charge is 0.249 e. The number of halogens is 1. The summed E-state index contributed by atoms with van der Waals surface area (Å²) >= 11 is 0. The summed E-state index contributed by atoms with van der Waals surface area (Å²) in [5.41, 5.74) is 0. The molecule has 2 rings (SSSR count). The minimum Gasteiger partial charge on any atom is -0.366 e. The summed E-state index contributed by atoms with van der Waals surface area (Å²) < 4.78 is 5.50. The monoisotopic (exact) mass is 248 g/mol. The first kappa shape index (κ1) is 13.7. The van der Waals surface area contributed by atoms with Crippen LogP contribution in [0.3, 0.4) is 0 Å². The van der Waals surface area contributed by atoms with Gasteiger partial charge in [-0.2, -0.15) is 0 Å². The van der Waals surface area contributed by atoms with Gasteiger partial charge in [0.15, 0.2) is 0 Å². The van der Waals surface area contributed by atoms with Crippen molar-refractivity contribution < 1.29 is 9.53 Å². The van der Waals surface area contributed by atoms with Crippen LogP contribution in [0.1, 0.15) is 26.7 Å². The third-order valence-corrected chi connectivity index (χ3v) is 3.43. The summed E-state index contributed by atoms with van der Waals surface area (Å²) in [7, 11) is 0. The summed E-state index contributed by atoms with van der Waals surface area (Å²) in [6.07, 6.45) is 2.50. The Bertz CT molecular complexity index is 236. The molecule has 2 fully saturated rings. The molecule has 94 valence electrons. The van der Waals surface area contributed by atoms with Crippen LogP contribution in [0.15, 0.2) is 0 Å². The second kappa shape index (κ2) is 5.84. The van der Waals surface area contributed by atoms with Gasteiger partial charge in [-0.3, -0.25) is 4.79 Å². The second-order valence-corrected chi connectivity index (χ2v) is 4.67. The van der Waals surface area contributed by atoms with E-state index in [0.29, 0.717) is 12.1 Å². The fourth-order valence-corrected chi connectivity index (χ4v) is 2.33. The molecule has 2 heterocycles. The number of hydrogen-bond acceptors (Lipinski definition) is 3. The van der Waals surface area contributed by atoms with Crippen LogP contribution in [0.4, 0.5) is 0 Å². The Kier molecular flexibility index (Phi) is 5.02. The average Bonchev–Trinajstić information content (AvgIpc) is 2.43. The molecule has 0 aromatic heterocycles. The Labute approximate surface area is 103 Å². The van der Waals surface area contributed by atoms with Crippen molar-refractivity contribution in [3.8, 4) is 0 Å². The van der Waals surface area contributed by atoms with Crippen molar-refractivity contribution in [2.75, 3.05) is 19.7 Å². The molecule has 1 amide bonds. The molecule has 1 N–H and O–H groups in total. The SMILES string of the molecule is CC1CCC(C)N1C(=O)COC1CNC1.Cl. The van der Waals surface area contributed by atoms with E-state index in [4.69, 9.17) is 4.74 Å². The maximum atomic E-state index is 11.9. The van der Waals surface area contributed by atoms with Crippen LogP contribution in [-0.4, -0.2) is 48.7 Å². The number of nitrogens with zero attached hydrogens (tertiary/aromatic N) is 1. The Morgan fingerprint density at radius 2 is 1.88 bits per heavy atom. The zero-order chi connectivity index (χ0) is 10.8. The van der Waals surface area contributed by atoms with E-state index in [0.717, 1.165) is 25.9 Å². The number of hydrogen-bond donors (Lipinski definition) is 1. The van der Waals surface area contributed by atoms with Gasteiger partial charge in [-0.15, -0.1) is 12.4 Å². The lowest BCUT2D eigenvalue weighted by Crippen LogP contribution is -2.50. The summed E-state index contributed by atoms with van der Waals surface area (Å²) in [5, 5.41) is 3.12. The first-order valence-electron chi connectivity index (χ1n) is 5.82. The molecule has 0 bridgehead atoms. The highest BCUT2D eigenvalue weighted by atomic mass is 35.5. The highest BCUT2D eigenvalue weighted by Gasteiger charge is 2.31. The number of likely N-dealkylation sites (tertiary alicyclic amines) is 1. The van der Waals surface area contributed by atoms with Crippen LogP contribution in [-0.2, 0) is 9.53 Å².